The fourth-order valence-electron chi connectivity index (χ4n) is 4.67. The van der Waals surface area contributed by atoms with Gasteiger partial charge in [0.05, 0.1) is 12.7 Å². The second kappa shape index (κ2) is 10.8. The Morgan fingerprint density at radius 3 is 2.45 bits per heavy atom. The lowest BCUT2D eigenvalue weighted by Gasteiger charge is -2.20. The maximum absolute atomic E-state index is 13.0. The summed E-state index contributed by atoms with van der Waals surface area (Å²) in [6, 6.07) is 16.8. The van der Waals surface area contributed by atoms with Crippen LogP contribution in [0.25, 0.3) is 0 Å². The highest BCUT2D eigenvalue weighted by atomic mass is 19.1. The number of nitrogens with one attached hydrogen (secondary N) is 1. The van der Waals surface area contributed by atoms with Crippen LogP contribution in [0.5, 0.6) is 5.75 Å². The Morgan fingerprint density at radius 2 is 1.82 bits per heavy atom. The van der Waals surface area contributed by atoms with Crippen LogP contribution < -0.4 is 10.1 Å². The highest BCUT2D eigenvalue weighted by Crippen LogP contribution is 2.45. The number of carbonyl (C=O) groups excluding carboxylic acids is 1. The summed E-state index contributed by atoms with van der Waals surface area (Å²) in [7, 11) is 0. The molecule has 1 N–H and O–H groups in total. The number of nitrogens with zero attached hydrogens (tertiary/aromatic N) is 2. The molecule has 6 nitrogen and oxygen atoms in total. The first kappa shape index (κ1) is 23.2. The number of likely N-dealkylation sites (tertiary alicyclic amines) is 1. The quantitative estimate of drug-likeness (QED) is 0.418. The van der Waals surface area contributed by atoms with Gasteiger partial charge < -0.3 is 14.8 Å². The van der Waals surface area contributed by atoms with Crippen LogP contribution in [-0.4, -0.2) is 49.8 Å². The van der Waals surface area contributed by atoms with Crippen LogP contribution in [0.15, 0.2) is 48.5 Å². The molecular formula is C26H30FN3O3. The summed E-state index contributed by atoms with van der Waals surface area (Å²) in [5.74, 6) is 0.702. The number of piperidine rings is 1. The van der Waals surface area contributed by atoms with E-state index in [1.165, 1.54) is 12.1 Å². The molecule has 1 saturated heterocycles. The van der Waals surface area contributed by atoms with E-state index < -0.39 is 11.9 Å². The molecule has 7 heteroatoms. The minimum absolute atomic E-state index is 0.188. The maximum Gasteiger partial charge on any atom is 0.323 e. The molecule has 4 rings (SSSR count). The molecule has 0 bridgehead atoms. The fraction of sp³-hybridized carbons (Fsp3) is 0.462. The van der Waals surface area contributed by atoms with Crippen molar-refractivity contribution in [2.45, 2.75) is 25.9 Å². The normalized spacial score (nSPS) is 22.3. The number of esters is 1. The third-order valence-corrected chi connectivity index (χ3v) is 6.43. The monoisotopic (exact) mass is 451 g/mol. The molecule has 0 aromatic heterocycles. The van der Waals surface area contributed by atoms with E-state index >= 15 is 0 Å². The molecule has 0 amide bonds. The molecule has 2 aliphatic rings. The second-order valence-electron chi connectivity index (χ2n) is 8.76. The van der Waals surface area contributed by atoms with Crippen molar-refractivity contribution in [1.29, 1.82) is 5.26 Å². The van der Waals surface area contributed by atoms with Gasteiger partial charge in [0.1, 0.15) is 24.1 Å². The molecule has 0 radical (unpaired) electrons. The van der Waals surface area contributed by atoms with E-state index in [9.17, 15) is 14.4 Å². The van der Waals surface area contributed by atoms with Gasteiger partial charge >= 0.3 is 5.97 Å². The van der Waals surface area contributed by atoms with Gasteiger partial charge in [-0.1, -0.05) is 24.3 Å². The molecule has 1 aliphatic carbocycles. The fourth-order valence-corrected chi connectivity index (χ4v) is 4.67. The Labute approximate surface area is 194 Å². The zero-order valence-corrected chi connectivity index (χ0v) is 18.9. The highest BCUT2D eigenvalue weighted by Gasteiger charge is 2.55. The van der Waals surface area contributed by atoms with Crippen LogP contribution in [0.2, 0.25) is 0 Å². The predicted octanol–water partition coefficient (Wildman–Crippen LogP) is 3.17. The predicted molar refractivity (Wildman–Crippen MR) is 122 cm³/mol. The minimum atomic E-state index is -0.787. The number of fused-ring (bicyclic) bond motifs is 1. The number of carbonyl (C=O) groups is 1. The van der Waals surface area contributed by atoms with Gasteiger partial charge in [0.2, 0.25) is 0 Å². The van der Waals surface area contributed by atoms with Crippen molar-refractivity contribution in [1.82, 2.24) is 10.2 Å². The number of hydrogen-bond donors (Lipinski definition) is 1. The molecule has 0 spiro atoms. The molecule has 1 heterocycles. The third-order valence-electron chi connectivity index (χ3n) is 6.43. The molecule has 2 unspecified atom stereocenters. The summed E-state index contributed by atoms with van der Waals surface area (Å²) in [6.07, 6.45) is 0.333. The van der Waals surface area contributed by atoms with E-state index in [1.807, 2.05) is 42.5 Å². The SMILES string of the molecule is CCOC(=O)[C@H](C#N)Cc1ccc(OCCNC2C3CN(Cc4ccc(F)cc4)C[C@@H]32)cc1. The summed E-state index contributed by atoms with van der Waals surface area (Å²) < 4.78 is 23.8. The number of rotatable bonds is 11. The zero-order valence-electron chi connectivity index (χ0n) is 18.9. The van der Waals surface area contributed by atoms with E-state index in [2.05, 4.69) is 10.2 Å². The first-order valence-corrected chi connectivity index (χ1v) is 11.6. The lowest BCUT2D eigenvalue weighted by molar-refractivity contribution is -0.145. The number of hydrogen-bond acceptors (Lipinski definition) is 6. The van der Waals surface area contributed by atoms with E-state index in [0.29, 0.717) is 30.9 Å². The molecule has 2 aromatic carbocycles. The van der Waals surface area contributed by atoms with Gasteiger partial charge in [0.15, 0.2) is 0 Å². The largest absolute Gasteiger partial charge is 0.492 e. The van der Waals surface area contributed by atoms with E-state index in [4.69, 9.17) is 9.47 Å². The average Bonchev–Trinajstić information content (AvgIpc) is 3.27. The third kappa shape index (κ3) is 6.10. The van der Waals surface area contributed by atoms with Gasteiger partial charge in [-0.25, -0.2) is 4.39 Å². The van der Waals surface area contributed by atoms with E-state index in [-0.39, 0.29) is 12.4 Å². The zero-order chi connectivity index (χ0) is 23.2. The lowest BCUT2D eigenvalue weighted by atomic mass is 10.0. The standard InChI is InChI=1S/C26H30FN3O3/c1-2-32-26(31)20(14-28)13-18-5-9-22(10-6-18)33-12-11-29-25-23-16-30(17-24(23)25)15-19-3-7-21(27)8-4-19/h3-10,20,23-25,29H,2,11-13,15-17H2,1H3/t20-,23-,24?,25?/m0/s1. The lowest BCUT2D eigenvalue weighted by Crippen LogP contribution is -2.33. The van der Waals surface area contributed by atoms with E-state index in [1.54, 1.807) is 6.92 Å². The van der Waals surface area contributed by atoms with Gasteiger partial charge in [0.25, 0.3) is 0 Å². The van der Waals surface area contributed by atoms with Crippen LogP contribution >= 0.6 is 0 Å². The van der Waals surface area contributed by atoms with Crippen molar-refractivity contribution < 1.29 is 18.7 Å². The minimum Gasteiger partial charge on any atom is -0.492 e. The van der Waals surface area contributed by atoms with Gasteiger partial charge in [0, 0.05) is 32.2 Å². The van der Waals surface area contributed by atoms with Gasteiger partial charge in [-0.3, -0.25) is 9.69 Å². The Bertz CT molecular complexity index is 962. The van der Waals surface area contributed by atoms with Gasteiger partial charge in [-0.15, -0.1) is 0 Å². The number of halogens is 1. The van der Waals surface area contributed by atoms with Gasteiger partial charge in [-0.2, -0.15) is 5.26 Å². The molecule has 1 aliphatic heterocycles. The average molecular weight is 452 g/mol. The van der Waals surface area contributed by atoms with Crippen molar-refractivity contribution in [2.24, 2.45) is 17.8 Å². The summed E-state index contributed by atoms with van der Waals surface area (Å²) in [5, 5.41) is 12.8. The first-order valence-electron chi connectivity index (χ1n) is 11.6. The smallest absolute Gasteiger partial charge is 0.323 e. The molecule has 4 atom stereocenters. The molecule has 2 fully saturated rings. The topological polar surface area (TPSA) is 74.6 Å². The molecule has 2 aromatic rings. The van der Waals surface area contributed by atoms with Crippen LogP contribution in [0, 0.1) is 34.9 Å². The molecule has 1 saturated carbocycles. The van der Waals surface area contributed by atoms with Crippen molar-refractivity contribution in [3.63, 3.8) is 0 Å². The Kier molecular flexibility index (Phi) is 7.58. The number of nitriles is 1. The maximum atomic E-state index is 13.0. The Hall–Kier alpha value is -2.95. The van der Waals surface area contributed by atoms with Crippen molar-refractivity contribution in [3.05, 3.63) is 65.5 Å². The van der Waals surface area contributed by atoms with Crippen LogP contribution in [0.4, 0.5) is 4.39 Å². The molecule has 33 heavy (non-hydrogen) atoms. The summed E-state index contributed by atoms with van der Waals surface area (Å²) in [4.78, 5) is 14.2. The number of benzene rings is 2. The van der Waals surface area contributed by atoms with Crippen LogP contribution in [0.3, 0.4) is 0 Å². The van der Waals surface area contributed by atoms with Crippen molar-refractivity contribution in [3.8, 4) is 11.8 Å². The Balaban J connectivity index is 1.12. The molecular weight excluding hydrogens is 421 g/mol. The van der Waals surface area contributed by atoms with E-state index in [0.717, 1.165) is 43.1 Å². The summed E-state index contributed by atoms with van der Waals surface area (Å²) >= 11 is 0. The van der Waals surface area contributed by atoms with Crippen molar-refractivity contribution >= 4 is 5.97 Å². The summed E-state index contributed by atoms with van der Waals surface area (Å²) in [5.41, 5.74) is 2.06. The summed E-state index contributed by atoms with van der Waals surface area (Å²) in [6.45, 7) is 6.42. The first-order chi connectivity index (χ1) is 16.1. The molecule has 174 valence electrons. The van der Waals surface area contributed by atoms with Crippen molar-refractivity contribution in [2.75, 3.05) is 32.8 Å². The number of ether oxygens (including phenoxy) is 2. The Morgan fingerprint density at radius 1 is 1.15 bits per heavy atom. The van der Waals surface area contributed by atoms with Crippen LogP contribution in [-0.2, 0) is 22.5 Å². The van der Waals surface area contributed by atoms with Crippen LogP contribution in [0.1, 0.15) is 18.1 Å². The highest BCUT2D eigenvalue weighted by molar-refractivity contribution is 5.75. The van der Waals surface area contributed by atoms with Gasteiger partial charge in [-0.05, 0) is 60.6 Å². The second-order valence-corrected chi connectivity index (χ2v) is 8.76.